The SMILES string of the molecule is CC(=O)OCC(C)[C@H](CO)C(C[C@@H](C)[C@H]1CC[C@H]2[C@@H]3CCC4CCCC[C@]4(C)[C@H]3CC[C@]12C)NCCCNCCCCN. The monoisotopic (exact) mass is 604 g/mol. The second-order valence-corrected chi connectivity index (χ2v) is 16.1. The molecule has 4 fully saturated rings. The van der Waals surface area contributed by atoms with Crippen LogP contribution in [0.15, 0.2) is 0 Å². The number of rotatable bonds is 17. The summed E-state index contributed by atoms with van der Waals surface area (Å²) < 4.78 is 5.42. The number of esters is 1. The number of nitrogens with two attached hydrogens (primary N) is 1. The summed E-state index contributed by atoms with van der Waals surface area (Å²) in [4.78, 5) is 11.6. The molecule has 3 unspecified atom stereocenters. The molecule has 4 aliphatic carbocycles. The van der Waals surface area contributed by atoms with Crippen LogP contribution in [-0.2, 0) is 9.53 Å². The van der Waals surface area contributed by atoms with Gasteiger partial charge in [-0.1, -0.05) is 40.5 Å². The average molecular weight is 604 g/mol. The number of carbonyl (C=O) groups is 1. The maximum absolute atomic E-state index is 11.6. The summed E-state index contributed by atoms with van der Waals surface area (Å²) in [5.74, 6) is 5.09. The van der Waals surface area contributed by atoms with Crippen molar-refractivity contribution in [2.24, 2.45) is 63.9 Å². The average Bonchev–Trinajstić information content (AvgIpc) is 3.34. The molecule has 0 aromatic heterocycles. The highest BCUT2D eigenvalue weighted by Gasteiger charge is 2.60. The molecule has 0 bridgehead atoms. The number of carbonyl (C=O) groups excluding carboxylic acids is 1. The fourth-order valence-electron chi connectivity index (χ4n) is 11.3. The first-order chi connectivity index (χ1) is 20.7. The third-order valence-corrected chi connectivity index (χ3v) is 13.7. The third-order valence-electron chi connectivity index (χ3n) is 13.7. The Bertz CT molecular complexity index is 855. The minimum atomic E-state index is -0.237. The van der Waals surface area contributed by atoms with Gasteiger partial charge in [-0.2, -0.15) is 0 Å². The van der Waals surface area contributed by atoms with Crippen LogP contribution in [0.25, 0.3) is 0 Å². The van der Waals surface area contributed by atoms with Gasteiger partial charge in [0.15, 0.2) is 0 Å². The maximum atomic E-state index is 11.6. The molecule has 4 rings (SSSR count). The molecule has 0 aromatic carbocycles. The number of aliphatic hydroxyl groups excluding tert-OH is 1. The van der Waals surface area contributed by atoms with E-state index >= 15 is 0 Å². The number of hydrogen-bond acceptors (Lipinski definition) is 6. The number of aliphatic hydroxyl groups is 1. The molecule has 6 nitrogen and oxygen atoms in total. The zero-order valence-corrected chi connectivity index (χ0v) is 28.7. The number of nitrogens with one attached hydrogen (secondary N) is 2. The highest BCUT2D eigenvalue weighted by atomic mass is 16.5. The summed E-state index contributed by atoms with van der Waals surface area (Å²) in [5, 5.41) is 18.1. The van der Waals surface area contributed by atoms with Crippen molar-refractivity contribution in [2.45, 2.75) is 131 Å². The van der Waals surface area contributed by atoms with Crippen LogP contribution in [0.3, 0.4) is 0 Å². The van der Waals surface area contributed by atoms with E-state index in [-0.39, 0.29) is 30.5 Å². The van der Waals surface area contributed by atoms with E-state index in [2.05, 4.69) is 38.3 Å². The van der Waals surface area contributed by atoms with Crippen molar-refractivity contribution in [1.29, 1.82) is 0 Å². The Labute approximate surface area is 264 Å². The number of unbranched alkanes of at least 4 members (excludes halogenated alkanes) is 1. The number of fused-ring (bicyclic) bond motifs is 5. The van der Waals surface area contributed by atoms with Crippen LogP contribution in [0.4, 0.5) is 0 Å². The van der Waals surface area contributed by atoms with Gasteiger partial charge in [-0.15, -0.1) is 0 Å². The van der Waals surface area contributed by atoms with Crippen LogP contribution in [0, 0.1) is 58.2 Å². The van der Waals surface area contributed by atoms with Crippen LogP contribution in [0.1, 0.15) is 125 Å². The Kier molecular flexibility index (Phi) is 13.3. The van der Waals surface area contributed by atoms with Gasteiger partial charge < -0.3 is 26.2 Å². The highest BCUT2D eigenvalue weighted by molar-refractivity contribution is 5.65. The normalized spacial score (nSPS) is 36.6. The molecule has 0 heterocycles. The fraction of sp³-hybridized carbons (Fsp3) is 0.973. The molecule has 0 radical (unpaired) electrons. The van der Waals surface area contributed by atoms with E-state index in [0.29, 0.717) is 23.4 Å². The zero-order chi connectivity index (χ0) is 31.0. The van der Waals surface area contributed by atoms with Crippen molar-refractivity contribution in [3.63, 3.8) is 0 Å². The Balaban J connectivity index is 1.40. The molecular formula is C37H69N3O3. The summed E-state index contributed by atoms with van der Waals surface area (Å²) >= 11 is 0. The van der Waals surface area contributed by atoms with Crippen molar-refractivity contribution in [3.05, 3.63) is 0 Å². The Morgan fingerprint density at radius 3 is 2.44 bits per heavy atom. The lowest BCUT2D eigenvalue weighted by molar-refractivity contribution is -0.143. The van der Waals surface area contributed by atoms with Gasteiger partial charge in [0.1, 0.15) is 0 Å². The summed E-state index contributed by atoms with van der Waals surface area (Å²) in [7, 11) is 0. The summed E-state index contributed by atoms with van der Waals surface area (Å²) in [6.45, 7) is 15.7. The molecule has 0 amide bonds. The van der Waals surface area contributed by atoms with Gasteiger partial charge in [0.2, 0.25) is 0 Å². The van der Waals surface area contributed by atoms with Crippen LogP contribution >= 0.6 is 0 Å². The van der Waals surface area contributed by atoms with Crippen molar-refractivity contribution in [2.75, 3.05) is 39.4 Å². The van der Waals surface area contributed by atoms with Crippen LogP contribution in [0.5, 0.6) is 0 Å². The van der Waals surface area contributed by atoms with E-state index in [1.807, 2.05) is 0 Å². The Hall–Kier alpha value is -0.690. The predicted octanol–water partition coefficient (Wildman–Crippen LogP) is 6.55. The fourth-order valence-corrected chi connectivity index (χ4v) is 11.3. The smallest absolute Gasteiger partial charge is 0.302 e. The van der Waals surface area contributed by atoms with E-state index in [9.17, 15) is 9.90 Å². The van der Waals surface area contributed by atoms with Gasteiger partial charge in [0.25, 0.3) is 0 Å². The van der Waals surface area contributed by atoms with E-state index in [0.717, 1.165) is 81.5 Å². The zero-order valence-electron chi connectivity index (χ0n) is 28.7. The van der Waals surface area contributed by atoms with Crippen LogP contribution < -0.4 is 16.4 Å². The molecule has 0 aliphatic heterocycles. The minimum absolute atomic E-state index is 0.0709. The summed E-state index contributed by atoms with van der Waals surface area (Å²) in [5.41, 5.74) is 6.69. The van der Waals surface area contributed by atoms with Crippen molar-refractivity contribution in [3.8, 4) is 0 Å². The molecule has 6 heteroatoms. The maximum Gasteiger partial charge on any atom is 0.302 e. The second kappa shape index (κ2) is 16.2. The van der Waals surface area contributed by atoms with Crippen LogP contribution in [0.2, 0.25) is 0 Å². The third kappa shape index (κ3) is 8.19. The molecule has 0 saturated heterocycles. The van der Waals surface area contributed by atoms with Gasteiger partial charge >= 0.3 is 5.97 Å². The predicted molar refractivity (Wildman–Crippen MR) is 178 cm³/mol. The van der Waals surface area contributed by atoms with Gasteiger partial charge in [-0.05, 0) is 155 Å². The number of hydrogen-bond donors (Lipinski definition) is 4. The van der Waals surface area contributed by atoms with Gasteiger partial charge in [0.05, 0.1) is 6.61 Å². The second-order valence-electron chi connectivity index (χ2n) is 16.1. The van der Waals surface area contributed by atoms with Crippen molar-refractivity contribution in [1.82, 2.24) is 10.6 Å². The first-order valence-corrected chi connectivity index (χ1v) is 18.5. The standard InChI is InChI=1S/C37H69N3O3/c1-26(23-35(31(24-41)27(2)25-43-28(3)42)40-22-10-21-39-20-9-8-19-38)32-14-15-33-30-13-12-29-11-6-7-17-36(29,4)34(30)16-18-37(32,33)5/h26-27,29-35,39-41H,6-25,38H2,1-5H3/t26-,27?,29?,30+,31+,32-,33+,34+,35?,36+,37-/m1/s1. The minimum Gasteiger partial charge on any atom is -0.466 e. The molecule has 4 aliphatic rings. The van der Waals surface area contributed by atoms with Crippen molar-refractivity contribution >= 4 is 5.97 Å². The van der Waals surface area contributed by atoms with E-state index in [1.165, 1.54) is 71.1 Å². The molecule has 0 spiro atoms. The molecular weight excluding hydrogens is 534 g/mol. The van der Waals surface area contributed by atoms with Gasteiger partial charge in [-0.3, -0.25) is 4.79 Å². The van der Waals surface area contributed by atoms with Gasteiger partial charge in [0, 0.05) is 25.5 Å². The van der Waals surface area contributed by atoms with E-state index in [4.69, 9.17) is 10.5 Å². The molecule has 11 atom stereocenters. The molecule has 43 heavy (non-hydrogen) atoms. The summed E-state index contributed by atoms with van der Waals surface area (Å²) in [6.07, 6.45) is 18.9. The van der Waals surface area contributed by atoms with Crippen molar-refractivity contribution < 1.29 is 14.6 Å². The quantitative estimate of drug-likeness (QED) is 0.111. The van der Waals surface area contributed by atoms with E-state index < -0.39 is 0 Å². The summed E-state index contributed by atoms with van der Waals surface area (Å²) in [6, 6.07) is 0.221. The molecule has 4 saturated carbocycles. The van der Waals surface area contributed by atoms with E-state index in [1.54, 1.807) is 0 Å². The highest BCUT2D eigenvalue weighted by Crippen LogP contribution is 2.68. The first kappa shape index (κ1) is 35.2. The molecule has 250 valence electrons. The van der Waals surface area contributed by atoms with Gasteiger partial charge in [-0.25, -0.2) is 0 Å². The topological polar surface area (TPSA) is 96.6 Å². The Morgan fingerprint density at radius 2 is 1.70 bits per heavy atom. The first-order valence-electron chi connectivity index (χ1n) is 18.5. The molecule has 0 aromatic rings. The number of ether oxygens (including phenoxy) is 1. The lowest BCUT2D eigenvalue weighted by Crippen LogP contribution is -2.53. The van der Waals surface area contributed by atoms with Crippen LogP contribution in [-0.4, -0.2) is 56.5 Å². The lowest BCUT2D eigenvalue weighted by atomic mass is 9.44. The molecule has 5 N–H and O–H groups in total. The Morgan fingerprint density at radius 1 is 0.930 bits per heavy atom. The lowest BCUT2D eigenvalue weighted by Gasteiger charge is -2.61. The largest absolute Gasteiger partial charge is 0.466 e.